The number of carbonyl (C=O) groups is 1. The molecule has 3 atom stereocenters. The molecule has 1 aliphatic heterocycles. The first-order valence-electron chi connectivity index (χ1n) is 7.90. The van der Waals surface area contributed by atoms with E-state index in [1.807, 2.05) is 13.8 Å². The van der Waals surface area contributed by atoms with Crippen LogP contribution in [0.3, 0.4) is 0 Å². The third kappa shape index (κ3) is 3.69. The Labute approximate surface area is 116 Å². The second kappa shape index (κ2) is 7.25. The van der Waals surface area contributed by atoms with Crippen molar-refractivity contribution >= 4 is 5.97 Å². The van der Waals surface area contributed by atoms with Gasteiger partial charge in [0, 0.05) is 12.6 Å². The summed E-state index contributed by atoms with van der Waals surface area (Å²) in [4.78, 5) is 14.5. The summed E-state index contributed by atoms with van der Waals surface area (Å²) in [5.74, 6) is 0.780. The van der Waals surface area contributed by atoms with Gasteiger partial charge in [0.1, 0.15) is 6.04 Å². The molecule has 4 nitrogen and oxygen atoms in total. The quantitative estimate of drug-likeness (QED) is 0.746. The van der Waals surface area contributed by atoms with Crippen molar-refractivity contribution in [3.05, 3.63) is 0 Å². The first-order chi connectivity index (χ1) is 9.26. The van der Waals surface area contributed by atoms with Crippen molar-refractivity contribution in [1.82, 2.24) is 10.2 Å². The summed E-state index contributed by atoms with van der Waals surface area (Å²) in [6, 6.07) is 0.550. The summed E-state index contributed by atoms with van der Waals surface area (Å²) in [6.07, 6.45) is 6.71. The van der Waals surface area contributed by atoms with Crippen LogP contribution in [0.1, 0.15) is 46.0 Å². The van der Waals surface area contributed by atoms with Gasteiger partial charge in [-0.15, -0.1) is 0 Å². The van der Waals surface area contributed by atoms with Gasteiger partial charge in [0.25, 0.3) is 0 Å². The molecule has 3 unspecified atom stereocenters. The maximum absolute atomic E-state index is 12.0. The SMILES string of the molecule is CCNC(CN1CCCC2CCCC21)C(=O)OCC. The van der Waals surface area contributed by atoms with Crippen LogP contribution >= 0.6 is 0 Å². The number of likely N-dealkylation sites (tertiary alicyclic amines) is 1. The summed E-state index contributed by atoms with van der Waals surface area (Å²) >= 11 is 0. The van der Waals surface area contributed by atoms with Crippen molar-refractivity contribution in [2.45, 2.75) is 58.0 Å². The lowest BCUT2D eigenvalue weighted by atomic mass is 9.91. The fourth-order valence-corrected chi connectivity index (χ4v) is 3.73. The Morgan fingerprint density at radius 1 is 1.32 bits per heavy atom. The molecular weight excluding hydrogens is 240 g/mol. The van der Waals surface area contributed by atoms with E-state index in [0.717, 1.165) is 25.6 Å². The molecule has 1 heterocycles. The zero-order chi connectivity index (χ0) is 13.7. The molecule has 0 radical (unpaired) electrons. The van der Waals surface area contributed by atoms with Gasteiger partial charge in [-0.2, -0.15) is 0 Å². The lowest BCUT2D eigenvalue weighted by Gasteiger charge is -2.39. The molecule has 1 N–H and O–H groups in total. The van der Waals surface area contributed by atoms with Crippen molar-refractivity contribution < 1.29 is 9.53 Å². The third-order valence-electron chi connectivity index (χ3n) is 4.55. The van der Waals surface area contributed by atoms with Gasteiger partial charge in [0.2, 0.25) is 0 Å². The van der Waals surface area contributed by atoms with Gasteiger partial charge in [0.05, 0.1) is 6.61 Å². The molecule has 0 aromatic carbocycles. The highest BCUT2D eigenvalue weighted by Crippen LogP contribution is 2.36. The molecule has 1 aliphatic carbocycles. The van der Waals surface area contributed by atoms with Gasteiger partial charge in [-0.05, 0) is 51.6 Å². The van der Waals surface area contributed by atoms with E-state index in [-0.39, 0.29) is 12.0 Å². The zero-order valence-corrected chi connectivity index (χ0v) is 12.4. The average molecular weight is 268 g/mol. The number of hydrogen-bond donors (Lipinski definition) is 1. The molecule has 0 amide bonds. The second-order valence-electron chi connectivity index (χ2n) is 5.76. The average Bonchev–Trinajstić information content (AvgIpc) is 2.87. The Morgan fingerprint density at radius 3 is 2.84 bits per heavy atom. The standard InChI is InChI=1S/C15H28N2O2/c1-3-16-13(15(18)19-4-2)11-17-10-6-8-12-7-5-9-14(12)17/h12-14,16H,3-11H2,1-2H3. The number of fused-ring (bicyclic) bond motifs is 1. The predicted octanol–water partition coefficient (Wildman–Crippen LogP) is 1.79. The van der Waals surface area contributed by atoms with Gasteiger partial charge in [-0.3, -0.25) is 9.69 Å². The van der Waals surface area contributed by atoms with Crippen molar-refractivity contribution in [3.8, 4) is 0 Å². The Morgan fingerprint density at radius 2 is 2.11 bits per heavy atom. The molecule has 0 aromatic heterocycles. The van der Waals surface area contributed by atoms with Crippen LogP contribution in [0, 0.1) is 5.92 Å². The minimum absolute atomic E-state index is 0.0931. The highest BCUT2D eigenvalue weighted by atomic mass is 16.5. The molecular formula is C15H28N2O2. The third-order valence-corrected chi connectivity index (χ3v) is 4.55. The Balaban J connectivity index is 1.93. The lowest BCUT2D eigenvalue weighted by Crippen LogP contribution is -2.52. The Bertz CT molecular complexity index is 296. The molecule has 2 rings (SSSR count). The highest BCUT2D eigenvalue weighted by Gasteiger charge is 2.36. The molecule has 0 aromatic rings. The van der Waals surface area contributed by atoms with Crippen LogP contribution in [0.5, 0.6) is 0 Å². The summed E-state index contributed by atoms with van der Waals surface area (Å²) in [6.45, 7) is 7.14. The number of nitrogens with zero attached hydrogens (tertiary/aromatic N) is 1. The molecule has 0 spiro atoms. The van der Waals surface area contributed by atoms with E-state index in [1.54, 1.807) is 0 Å². The van der Waals surface area contributed by atoms with E-state index in [9.17, 15) is 4.79 Å². The van der Waals surface area contributed by atoms with E-state index >= 15 is 0 Å². The van der Waals surface area contributed by atoms with Crippen LogP contribution in [0.25, 0.3) is 0 Å². The van der Waals surface area contributed by atoms with Crippen LogP contribution in [-0.4, -0.2) is 49.2 Å². The van der Waals surface area contributed by atoms with Gasteiger partial charge in [0.15, 0.2) is 0 Å². The zero-order valence-electron chi connectivity index (χ0n) is 12.4. The normalized spacial score (nSPS) is 28.9. The van der Waals surface area contributed by atoms with E-state index in [2.05, 4.69) is 10.2 Å². The summed E-state index contributed by atoms with van der Waals surface area (Å²) in [5, 5.41) is 3.28. The van der Waals surface area contributed by atoms with E-state index in [1.165, 1.54) is 32.1 Å². The summed E-state index contributed by atoms with van der Waals surface area (Å²) in [7, 11) is 0. The van der Waals surface area contributed by atoms with Crippen molar-refractivity contribution in [1.29, 1.82) is 0 Å². The molecule has 0 bridgehead atoms. The van der Waals surface area contributed by atoms with Gasteiger partial charge >= 0.3 is 5.97 Å². The predicted molar refractivity (Wildman–Crippen MR) is 76.0 cm³/mol. The van der Waals surface area contributed by atoms with Crippen LogP contribution in [0.4, 0.5) is 0 Å². The monoisotopic (exact) mass is 268 g/mol. The van der Waals surface area contributed by atoms with Gasteiger partial charge in [-0.25, -0.2) is 0 Å². The van der Waals surface area contributed by atoms with Crippen LogP contribution in [-0.2, 0) is 9.53 Å². The van der Waals surface area contributed by atoms with E-state index in [0.29, 0.717) is 12.6 Å². The second-order valence-corrected chi connectivity index (χ2v) is 5.76. The van der Waals surface area contributed by atoms with Crippen LogP contribution < -0.4 is 5.32 Å². The number of ether oxygens (including phenoxy) is 1. The Hall–Kier alpha value is -0.610. The Kier molecular flexibility index (Phi) is 5.64. The fraction of sp³-hybridized carbons (Fsp3) is 0.933. The van der Waals surface area contributed by atoms with Crippen LogP contribution in [0.2, 0.25) is 0 Å². The molecule has 4 heteroatoms. The summed E-state index contributed by atoms with van der Waals surface area (Å²) < 4.78 is 5.18. The van der Waals surface area contributed by atoms with E-state index < -0.39 is 0 Å². The smallest absolute Gasteiger partial charge is 0.324 e. The van der Waals surface area contributed by atoms with Crippen molar-refractivity contribution in [3.63, 3.8) is 0 Å². The van der Waals surface area contributed by atoms with Crippen LogP contribution in [0.15, 0.2) is 0 Å². The number of carbonyl (C=O) groups excluding carboxylic acids is 1. The first-order valence-corrected chi connectivity index (χ1v) is 7.90. The minimum Gasteiger partial charge on any atom is -0.465 e. The minimum atomic E-state index is -0.163. The number of piperidine rings is 1. The number of esters is 1. The number of hydrogen-bond acceptors (Lipinski definition) is 4. The first kappa shape index (κ1) is 14.8. The topological polar surface area (TPSA) is 41.6 Å². The molecule has 110 valence electrons. The van der Waals surface area contributed by atoms with E-state index in [4.69, 9.17) is 4.74 Å². The number of nitrogens with one attached hydrogen (secondary N) is 1. The van der Waals surface area contributed by atoms with Gasteiger partial charge in [-0.1, -0.05) is 13.3 Å². The summed E-state index contributed by atoms with van der Waals surface area (Å²) in [5.41, 5.74) is 0. The maximum Gasteiger partial charge on any atom is 0.324 e. The molecule has 2 aliphatic rings. The molecule has 19 heavy (non-hydrogen) atoms. The molecule has 1 saturated heterocycles. The lowest BCUT2D eigenvalue weighted by molar-refractivity contribution is -0.146. The number of likely N-dealkylation sites (N-methyl/N-ethyl adjacent to an activating group) is 1. The van der Waals surface area contributed by atoms with Crippen molar-refractivity contribution in [2.75, 3.05) is 26.2 Å². The molecule has 1 saturated carbocycles. The van der Waals surface area contributed by atoms with Crippen molar-refractivity contribution in [2.24, 2.45) is 5.92 Å². The molecule has 2 fully saturated rings. The number of rotatable bonds is 6. The highest BCUT2D eigenvalue weighted by molar-refractivity contribution is 5.76. The largest absolute Gasteiger partial charge is 0.465 e. The van der Waals surface area contributed by atoms with Gasteiger partial charge < -0.3 is 10.1 Å². The maximum atomic E-state index is 12.0. The fourth-order valence-electron chi connectivity index (χ4n) is 3.73.